The van der Waals surface area contributed by atoms with Gasteiger partial charge in [0, 0.05) is 0 Å². The summed E-state index contributed by atoms with van der Waals surface area (Å²) < 4.78 is 0. The van der Waals surface area contributed by atoms with E-state index >= 15 is 0 Å². The second-order valence-corrected chi connectivity index (χ2v) is 7.04. The minimum atomic E-state index is 0. The Morgan fingerprint density at radius 2 is 1.42 bits per heavy atom. The molecule has 0 amide bonds. The van der Waals surface area contributed by atoms with Gasteiger partial charge in [0.25, 0.3) is 0 Å². The monoisotopic (exact) mass is 365 g/mol. The Morgan fingerprint density at radius 3 is 1.68 bits per heavy atom. The Hall–Kier alpha value is 1.19. The van der Waals surface area contributed by atoms with Gasteiger partial charge in [0.2, 0.25) is 0 Å². The van der Waals surface area contributed by atoms with E-state index in [1.54, 1.807) is 28.2 Å². The second-order valence-electron chi connectivity index (χ2n) is 4.58. The molecule has 0 aromatic heterocycles. The van der Waals surface area contributed by atoms with Gasteiger partial charge in [-0.2, -0.15) is 35.2 Å². The zero-order valence-electron chi connectivity index (χ0n) is 14.3. The normalized spacial score (nSPS) is 21.6. The van der Waals surface area contributed by atoms with E-state index in [2.05, 4.69) is 29.5 Å². The third-order valence-electron chi connectivity index (χ3n) is 2.75. The van der Waals surface area contributed by atoms with Gasteiger partial charge < -0.3 is 23.4 Å². The van der Waals surface area contributed by atoms with Gasteiger partial charge in [0.1, 0.15) is 0 Å². The molecular formula is C14H34N3PZr. The van der Waals surface area contributed by atoms with E-state index in [0.29, 0.717) is 0 Å². The molecule has 2 unspecified atom stereocenters. The number of hydrogen-bond acceptors (Lipinski definition) is 0. The average molecular weight is 367 g/mol. The molecule has 0 bridgehead atoms. The summed E-state index contributed by atoms with van der Waals surface area (Å²) >= 11 is 0. The van der Waals surface area contributed by atoms with Crippen LogP contribution in [0.3, 0.4) is 0 Å². The Balaban J connectivity index is -0.000000122. The number of nitrogens with zero attached hydrogens (tertiary/aromatic N) is 3. The first-order valence-electron chi connectivity index (χ1n) is 6.30. The Bertz CT molecular complexity index is 149. The smallest absolute Gasteiger partial charge is 0.668 e. The molecule has 1 saturated carbocycles. The zero-order valence-corrected chi connectivity index (χ0v) is 17.6. The molecule has 1 rings (SSSR count). The molecule has 0 aromatic carbocycles. The summed E-state index contributed by atoms with van der Waals surface area (Å²) in [5, 5.41) is 11.2. The molecule has 0 spiro atoms. The summed E-state index contributed by atoms with van der Waals surface area (Å²) in [6.07, 6.45) is 5.52. The SMILES string of the molecule is C[N-]C.C[N-]C.C[N-]CP(C)C1CCC[C@@H]1C.[CH3-].[Zr+4]. The van der Waals surface area contributed by atoms with Crippen molar-refractivity contribution in [3.05, 3.63) is 23.4 Å². The third kappa shape index (κ3) is 17.1. The van der Waals surface area contributed by atoms with Crippen molar-refractivity contribution in [3.8, 4) is 0 Å². The molecule has 0 N–H and O–H groups in total. The minimum absolute atomic E-state index is 0. The van der Waals surface area contributed by atoms with E-state index in [0.717, 1.165) is 17.9 Å². The van der Waals surface area contributed by atoms with E-state index in [9.17, 15) is 0 Å². The van der Waals surface area contributed by atoms with Gasteiger partial charge in [-0.1, -0.05) is 19.8 Å². The van der Waals surface area contributed by atoms with E-state index in [4.69, 9.17) is 0 Å². The first-order valence-corrected chi connectivity index (χ1v) is 8.34. The maximum absolute atomic E-state index is 4.24. The summed E-state index contributed by atoms with van der Waals surface area (Å²) in [4.78, 5) is 0. The van der Waals surface area contributed by atoms with Crippen LogP contribution in [0.25, 0.3) is 16.0 Å². The second kappa shape index (κ2) is 21.5. The van der Waals surface area contributed by atoms with Crippen LogP contribution in [-0.2, 0) is 26.2 Å². The Labute approximate surface area is 143 Å². The number of rotatable bonds is 3. The molecule has 19 heavy (non-hydrogen) atoms. The zero-order chi connectivity index (χ0) is 13.7. The fraction of sp³-hybridized carbons (Fsp3) is 0.929. The third-order valence-corrected chi connectivity index (χ3v) is 5.38. The fourth-order valence-corrected chi connectivity index (χ4v) is 4.41. The molecule has 0 aliphatic heterocycles. The summed E-state index contributed by atoms with van der Waals surface area (Å²) in [6.45, 7) is 4.82. The Morgan fingerprint density at radius 1 is 1.00 bits per heavy atom. The van der Waals surface area contributed by atoms with E-state index < -0.39 is 0 Å². The van der Waals surface area contributed by atoms with Crippen molar-refractivity contribution in [1.82, 2.24) is 0 Å². The van der Waals surface area contributed by atoms with Gasteiger partial charge in [-0.3, -0.25) is 0 Å². The van der Waals surface area contributed by atoms with Crippen molar-refractivity contribution in [2.75, 3.05) is 48.2 Å². The van der Waals surface area contributed by atoms with Crippen LogP contribution in [0, 0.1) is 13.3 Å². The van der Waals surface area contributed by atoms with Crippen molar-refractivity contribution < 1.29 is 26.2 Å². The molecule has 114 valence electrons. The molecule has 1 aliphatic carbocycles. The van der Waals surface area contributed by atoms with Crippen molar-refractivity contribution in [2.45, 2.75) is 31.8 Å². The Kier molecular flexibility index (Phi) is 32.1. The summed E-state index contributed by atoms with van der Waals surface area (Å²) in [5.74, 6) is 0.980. The molecule has 5 heteroatoms. The summed E-state index contributed by atoms with van der Waals surface area (Å²) in [5.41, 5.74) is 1.02. The van der Waals surface area contributed by atoms with Crippen molar-refractivity contribution in [2.24, 2.45) is 5.92 Å². The van der Waals surface area contributed by atoms with Gasteiger partial charge in [0.05, 0.1) is 0 Å². The van der Waals surface area contributed by atoms with Gasteiger partial charge in [0.15, 0.2) is 0 Å². The maximum atomic E-state index is 4.24. The van der Waals surface area contributed by atoms with Crippen LogP contribution in [0.2, 0.25) is 0 Å². The number of hydrogen-bond donors (Lipinski definition) is 0. The molecule has 1 fully saturated rings. The van der Waals surface area contributed by atoms with Crippen LogP contribution in [0.5, 0.6) is 0 Å². The summed E-state index contributed by atoms with van der Waals surface area (Å²) in [7, 11) is 9.16. The molecule has 0 heterocycles. The van der Waals surface area contributed by atoms with Crippen LogP contribution in [0.1, 0.15) is 26.2 Å². The van der Waals surface area contributed by atoms with E-state index in [1.165, 1.54) is 19.3 Å². The molecule has 0 aromatic rings. The molecule has 3 atom stereocenters. The van der Waals surface area contributed by atoms with Gasteiger partial charge in [-0.15, -0.1) is 14.2 Å². The molecule has 3 nitrogen and oxygen atoms in total. The molecule has 0 saturated heterocycles. The van der Waals surface area contributed by atoms with E-state index in [-0.39, 0.29) is 41.6 Å². The topological polar surface area (TPSA) is 42.3 Å². The fourth-order valence-electron chi connectivity index (χ4n) is 2.11. The van der Waals surface area contributed by atoms with Crippen LogP contribution in [0.4, 0.5) is 0 Å². The first-order chi connectivity index (χ1) is 8.08. The standard InChI is InChI=1S/C9H19NP.2C2H6N.CH3.Zr/c1-8-5-4-6-9(8)11(3)7-10-2;2*1-3-2;;/h8-9H,4-7H2,1-3H3;2*1-2H3;1H3;/q4*-1;+4/t8-,9?,11?;;;;/m0..../s1. The van der Waals surface area contributed by atoms with Crippen LogP contribution < -0.4 is 0 Å². The maximum Gasteiger partial charge on any atom is 4.00 e. The van der Waals surface area contributed by atoms with Gasteiger partial charge in [-0.25, -0.2) is 0 Å². The largest absolute Gasteiger partial charge is 4.00 e. The van der Waals surface area contributed by atoms with Crippen LogP contribution in [0.15, 0.2) is 0 Å². The predicted molar refractivity (Wildman–Crippen MR) is 90.6 cm³/mol. The van der Waals surface area contributed by atoms with Gasteiger partial charge in [-0.05, 0) is 24.7 Å². The van der Waals surface area contributed by atoms with E-state index in [1.807, 2.05) is 7.05 Å². The van der Waals surface area contributed by atoms with Crippen molar-refractivity contribution in [3.63, 3.8) is 0 Å². The molecular weight excluding hydrogens is 332 g/mol. The first kappa shape index (κ1) is 28.4. The molecule has 0 radical (unpaired) electrons. The summed E-state index contributed by atoms with van der Waals surface area (Å²) in [6, 6.07) is 0. The minimum Gasteiger partial charge on any atom is -0.668 e. The van der Waals surface area contributed by atoms with Gasteiger partial charge >= 0.3 is 26.2 Å². The quantitative estimate of drug-likeness (QED) is 0.502. The van der Waals surface area contributed by atoms with Crippen molar-refractivity contribution >= 4 is 7.92 Å². The average Bonchev–Trinajstić information content (AvgIpc) is 2.67. The predicted octanol–water partition coefficient (Wildman–Crippen LogP) is 4.93. The van der Waals surface area contributed by atoms with Crippen LogP contribution >= 0.6 is 7.92 Å². The van der Waals surface area contributed by atoms with Crippen LogP contribution in [-0.4, -0.2) is 53.8 Å². The molecule has 1 aliphatic rings. The van der Waals surface area contributed by atoms with Crippen molar-refractivity contribution in [1.29, 1.82) is 0 Å².